The van der Waals surface area contributed by atoms with Crippen molar-refractivity contribution in [3.8, 4) is 0 Å². The van der Waals surface area contributed by atoms with Crippen molar-refractivity contribution >= 4 is 5.91 Å². The summed E-state index contributed by atoms with van der Waals surface area (Å²) < 4.78 is 0. The molecular formula is C14H27N3O. The maximum absolute atomic E-state index is 12.1. The zero-order valence-electron chi connectivity index (χ0n) is 11.7. The van der Waals surface area contributed by atoms with Crippen LogP contribution in [-0.2, 0) is 4.79 Å². The molecular weight excluding hydrogens is 226 g/mol. The van der Waals surface area contributed by atoms with Crippen molar-refractivity contribution in [3.05, 3.63) is 0 Å². The molecule has 2 saturated heterocycles. The van der Waals surface area contributed by atoms with E-state index in [1.54, 1.807) is 0 Å². The summed E-state index contributed by atoms with van der Waals surface area (Å²) in [7, 11) is 0. The van der Waals surface area contributed by atoms with Gasteiger partial charge in [0.25, 0.3) is 0 Å². The summed E-state index contributed by atoms with van der Waals surface area (Å²) in [6, 6.07) is 1.07. The fourth-order valence-electron chi connectivity index (χ4n) is 3.23. The van der Waals surface area contributed by atoms with Gasteiger partial charge in [-0.1, -0.05) is 6.92 Å². The molecule has 0 radical (unpaired) electrons. The fraction of sp³-hybridized carbons (Fsp3) is 0.929. The molecule has 2 rings (SSSR count). The number of carbonyl (C=O) groups excluding carboxylic acids is 1. The minimum atomic E-state index is 0.0326. The van der Waals surface area contributed by atoms with Crippen LogP contribution in [0, 0.1) is 0 Å². The lowest BCUT2D eigenvalue weighted by molar-refractivity contribution is -0.124. The molecule has 0 spiro atoms. The van der Waals surface area contributed by atoms with Gasteiger partial charge in [-0.3, -0.25) is 9.69 Å². The van der Waals surface area contributed by atoms with Crippen molar-refractivity contribution in [1.29, 1.82) is 0 Å². The van der Waals surface area contributed by atoms with Gasteiger partial charge in [-0.2, -0.15) is 0 Å². The SMILES string of the molecule is CCN1CCCC1CNC(=O)C1CCCC(C)N1. The number of nitrogens with zero attached hydrogens (tertiary/aromatic N) is 1. The lowest BCUT2D eigenvalue weighted by atomic mass is 9.99. The summed E-state index contributed by atoms with van der Waals surface area (Å²) in [6.07, 6.45) is 5.83. The normalized spacial score (nSPS) is 33.6. The third kappa shape index (κ3) is 3.45. The molecule has 2 heterocycles. The van der Waals surface area contributed by atoms with Crippen LogP contribution in [0.2, 0.25) is 0 Å². The number of rotatable bonds is 4. The number of likely N-dealkylation sites (tertiary alicyclic amines) is 1. The first-order valence-electron chi connectivity index (χ1n) is 7.48. The van der Waals surface area contributed by atoms with Crippen LogP contribution in [-0.4, -0.2) is 48.6 Å². The molecule has 3 unspecified atom stereocenters. The van der Waals surface area contributed by atoms with Gasteiger partial charge in [-0.15, -0.1) is 0 Å². The molecule has 0 saturated carbocycles. The molecule has 18 heavy (non-hydrogen) atoms. The number of nitrogens with one attached hydrogen (secondary N) is 2. The van der Waals surface area contributed by atoms with E-state index in [9.17, 15) is 4.79 Å². The van der Waals surface area contributed by atoms with Crippen LogP contribution >= 0.6 is 0 Å². The highest BCUT2D eigenvalue weighted by molar-refractivity contribution is 5.81. The van der Waals surface area contributed by atoms with Gasteiger partial charge in [-0.05, 0) is 52.1 Å². The van der Waals surface area contributed by atoms with Crippen molar-refractivity contribution < 1.29 is 4.79 Å². The second kappa shape index (κ2) is 6.53. The van der Waals surface area contributed by atoms with Crippen molar-refractivity contribution in [2.24, 2.45) is 0 Å². The smallest absolute Gasteiger partial charge is 0.237 e. The summed E-state index contributed by atoms with van der Waals surface area (Å²) in [6.45, 7) is 7.47. The number of carbonyl (C=O) groups is 1. The van der Waals surface area contributed by atoms with Gasteiger partial charge in [0.1, 0.15) is 0 Å². The predicted octanol–water partition coefficient (Wildman–Crippen LogP) is 1.12. The zero-order chi connectivity index (χ0) is 13.0. The Hall–Kier alpha value is -0.610. The third-order valence-electron chi connectivity index (χ3n) is 4.35. The Morgan fingerprint density at radius 2 is 2.17 bits per heavy atom. The highest BCUT2D eigenvalue weighted by Gasteiger charge is 2.27. The van der Waals surface area contributed by atoms with Crippen LogP contribution in [0.1, 0.15) is 46.0 Å². The standard InChI is InChI=1S/C14H27N3O/c1-3-17-9-5-7-12(17)10-15-14(18)13-8-4-6-11(2)16-13/h11-13,16H,3-10H2,1-2H3,(H,15,18). The molecule has 0 aromatic heterocycles. The minimum absolute atomic E-state index is 0.0326. The molecule has 2 N–H and O–H groups in total. The number of hydrogen-bond donors (Lipinski definition) is 2. The molecule has 104 valence electrons. The Labute approximate surface area is 110 Å². The second-order valence-corrected chi connectivity index (χ2v) is 5.72. The lowest BCUT2D eigenvalue weighted by Crippen LogP contribution is -2.52. The van der Waals surface area contributed by atoms with Gasteiger partial charge < -0.3 is 10.6 Å². The Kier molecular flexibility index (Phi) is 5.01. The molecule has 4 nitrogen and oxygen atoms in total. The Morgan fingerprint density at radius 1 is 1.33 bits per heavy atom. The molecule has 0 aromatic carbocycles. The first-order chi connectivity index (χ1) is 8.70. The van der Waals surface area contributed by atoms with E-state index in [1.807, 2.05) is 0 Å². The van der Waals surface area contributed by atoms with Crippen molar-refractivity contribution in [2.45, 2.75) is 64.1 Å². The summed E-state index contributed by atoms with van der Waals surface area (Å²) >= 11 is 0. The number of piperidine rings is 1. The highest BCUT2D eigenvalue weighted by atomic mass is 16.2. The van der Waals surface area contributed by atoms with Crippen LogP contribution < -0.4 is 10.6 Å². The molecule has 0 bridgehead atoms. The van der Waals surface area contributed by atoms with E-state index >= 15 is 0 Å². The summed E-state index contributed by atoms with van der Waals surface area (Å²) in [4.78, 5) is 14.6. The van der Waals surface area contributed by atoms with Crippen molar-refractivity contribution in [3.63, 3.8) is 0 Å². The third-order valence-corrected chi connectivity index (χ3v) is 4.35. The first kappa shape index (κ1) is 13.8. The fourth-order valence-corrected chi connectivity index (χ4v) is 3.23. The van der Waals surface area contributed by atoms with Gasteiger partial charge in [0, 0.05) is 18.6 Å². The lowest BCUT2D eigenvalue weighted by Gasteiger charge is -2.29. The Balaban J connectivity index is 1.74. The van der Waals surface area contributed by atoms with Gasteiger partial charge in [0.05, 0.1) is 6.04 Å². The van der Waals surface area contributed by atoms with E-state index < -0.39 is 0 Å². The first-order valence-corrected chi connectivity index (χ1v) is 7.48. The van der Waals surface area contributed by atoms with Gasteiger partial charge in [0.15, 0.2) is 0 Å². The summed E-state index contributed by atoms with van der Waals surface area (Å²) in [5.74, 6) is 0.199. The van der Waals surface area contributed by atoms with Crippen LogP contribution in [0.3, 0.4) is 0 Å². The molecule has 0 aliphatic carbocycles. The Bertz CT molecular complexity index is 282. The maximum atomic E-state index is 12.1. The monoisotopic (exact) mass is 253 g/mol. The van der Waals surface area contributed by atoms with Gasteiger partial charge in [0.2, 0.25) is 5.91 Å². The van der Waals surface area contributed by atoms with Crippen LogP contribution in [0.25, 0.3) is 0 Å². The van der Waals surface area contributed by atoms with E-state index in [0.29, 0.717) is 12.1 Å². The van der Waals surface area contributed by atoms with Crippen LogP contribution in [0.15, 0.2) is 0 Å². The molecule has 2 fully saturated rings. The molecule has 4 heteroatoms. The van der Waals surface area contributed by atoms with Crippen molar-refractivity contribution in [1.82, 2.24) is 15.5 Å². The topological polar surface area (TPSA) is 44.4 Å². The summed E-state index contributed by atoms with van der Waals surface area (Å²) in [5, 5.41) is 6.53. The highest BCUT2D eigenvalue weighted by Crippen LogP contribution is 2.16. The average Bonchev–Trinajstić information content (AvgIpc) is 2.83. The average molecular weight is 253 g/mol. The number of hydrogen-bond acceptors (Lipinski definition) is 3. The van der Waals surface area contributed by atoms with Gasteiger partial charge in [-0.25, -0.2) is 0 Å². The molecule has 2 aliphatic heterocycles. The predicted molar refractivity (Wildman–Crippen MR) is 73.5 cm³/mol. The quantitative estimate of drug-likeness (QED) is 0.789. The molecule has 3 atom stereocenters. The molecule has 0 aromatic rings. The van der Waals surface area contributed by atoms with E-state index in [2.05, 4.69) is 29.4 Å². The number of likely N-dealkylation sites (N-methyl/N-ethyl adjacent to an activating group) is 1. The number of amides is 1. The minimum Gasteiger partial charge on any atom is -0.353 e. The molecule has 1 amide bonds. The van der Waals surface area contributed by atoms with Crippen molar-refractivity contribution in [2.75, 3.05) is 19.6 Å². The van der Waals surface area contributed by atoms with E-state index in [1.165, 1.54) is 25.8 Å². The maximum Gasteiger partial charge on any atom is 0.237 e. The second-order valence-electron chi connectivity index (χ2n) is 5.72. The van der Waals surface area contributed by atoms with E-state index in [-0.39, 0.29) is 11.9 Å². The summed E-state index contributed by atoms with van der Waals surface area (Å²) in [5.41, 5.74) is 0. The van der Waals surface area contributed by atoms with E-state index in [4.69, 9.17) is 0 Å². The van der Waals surface area contributed by atoms with E-state index in [0.717, 1.165) is 25.9 Å². The zero-order valence-corrected chi connectivity index (χ0v) is 11.7. The van der Waals surface area contributed by atoms with Crippen LogP contribution in [0.4, 0.5) is 0 Å². The Morgan fingerprint density at radius 3 is 2.89 bits per heavy atom. The molecule has 2 aliphatic rings. The van der Waals surface area contributed by atoms with Crippen LogP contribution in [0.5, 0.6) is 0 Å². The van der Waals surface area contributed by atoms with Gasteiger partial charge >= 0.3 is 0 Å². The largest absolute Gasteiger partial charge is 0.353 e.